The summed E-state index contributed by atoms with van der Waals surface area (Å²) in [7, 11) is 0. The summed E-state index contributed by atoms with van der Waals surface area (Å²) >= 11 is 6.59. The number of nitrogens with one attached hydrogen (secondary N) is 1. The first-order chi connectivity index (χ1) is 9.93. The summed E-state index contributed by atoms with van der Waals surface area (Å²) < 4.78 is 3.08. The van der Waals surface area contributed by atoms with E-state index < -0.39 is 5.97 Å². The number of anilines is 1. The maximum atomic E-state index is 12.4. The number of para-hydroxylation sites is 1. The van der Waals surface area contributed by atoms with Gasteiger partial charge in [-0.05, 0) is 57.0 Å². The SMILES string of the molecule is CCn1cc(Br)cc1C(=O)Nc1c(Br)cccc1C(=O)O. The average Bonchev–Trinajstić information content (AvgIpc) is 2.82. The number of aromatic carboxylic acids is 1. The predicted octanol–water partition coefficient (Wildman–Crippen LogP) is 3.98. The lowest BCUT2D eigenvalue weighted by Crippen LogP contribution is -2.18. The number of carboxylic acids is 1. The third-order valence-corrected chi connectivity index (χ3v) is 4.01. The maximum Gasteiger partial charge on any atom is 0.337 e. The second-order valence-electron chi connectivity index (χ2n) is 4.25. The predicted molar refractivity (Wildman–Crippen MR) is 86.9 cm³/mol. The fraction of sp³-hybridized carbons (Fsp3) is 0.143. The molecule has 0 atom stereocenters. The van der Waals surface area contributed by atoms with Crippen molar-refractivity contribution >= 4 is 49.4 Å². The van der Waals surface area contributed by atoms with Crippen LogP contribution in [0.15, 0.2) is 39.4 Å². The van der Waals surface area contributed by atoms with Gasteiger partial charge in [-0.1, -0.05) is 6.07 Å². The number of rotatable bonds is 4. The lowest BCUT2D eigenvalue weighted by atomic mass is 10.1. The van der Waals surface area contributed by atoms with Crippen molar-refractivity contribution in [3.63, 3.8) is 0 Å². The monoisotopic (exact) mass is 414 g/mol. The van der Waals surface area contributed by atoms with E-state index in [1.165, 1.54) is 6.07 Å². The van der Waals surface area contributed by atoms with Gasteiger partial charge in [0.1, 0.15) is 5.69 Å². The van der Waals surface area contributed by atoms with Gasteiger partial charge in [0.05, 0.1) is 11.3 Å². The van der Waals surface area contributed by atoms with Gasteiger partial charge in [0.2, 0.25) is 0 Å². The Hall–Kier alpha value is -1.60. The van der Waals surface area contributed by atoms with Crippen LogP contribution in [0.25, 0.3) is 0 Å². The molecule has 0 aliphatic carbocycles. The molecule has 5 nitrogen and oxygen atoms in total. The third-order valence-electron chi connectivity index (χ3n) is 2.92. The van der Waals surface area contributed by atoms with Crippen molar-refractivity contribution in [3.8, 4) is 0 Å². The van der Waals surface area contributed by atoms with Crippen molar-refractivity contribution in [2.75, 3.05) is 5.32 Å². The highest BCUT2D eigenvalue weighted by Gasteiger charge is 2.18. The van der Waals surface area contributed by atoms with Gasteiger partial charge in [-0.15, -0.1) is 0 Å². The molecular formula is C14H12Br2N2O3. The molecule has 2 N–H and O–H groups in total. The van der Waals surface area contributed by atoms with Crippen molar-refractivity contribution < 1.29 is 14.7 Å². The summed E-state index contributed by atoms with van der Waals surface area (Å²) in [5.74, 6) is -1.46. The van der Waals surface area contributed by atoms with Gasteiger partial charge in [-0.2, -0.15) is 0 Å². The third kappa shape index (κ3) is 3.36. The molecule has 0 fully saturated rings. The second kappa shape index (κ2) is 6.44. The fourth-order valence-corrected chi connectivity index (χ4v) is 2.86. The lowest BCUT2D eigenvalue weighted by molar-refractivity contribution is 0.0698. The largest absolute Gasteiger partial charge is 0.478 e. The van der Waals surface area contributed by atoms with Crippen LogP contribution in [0.3, 0.4) is 0 Å². The molecule has 0 unspecified atom stereocenters. The Bertz CT molecular complexity index is 710. The summed E-state index contributed by atoms with van der Waals surface area (Å²) in [5.41, 5.74) is 0.734. The highest BCUT2D eigenvalue weighted by molar-refractivity contribution is 9.10. The highest BCUT2D eigenvalue weighted by Crippen LogP contribution is 2.27. The van der Waals surface area contributed by atoms with E-state index in [0.717, 1.165) is 4.47 Å². The van der Waals surface area contributed by atoms with Crippen molar-refractivity contribution in [3.05, 3.63) is 50.7 Å². The van der Waals surface area contributed by atoms with Gasteiger partial charge >= 0.3 is 5.97 Å². The summed E-state index contributed by atoms with van der Waals surface area (Å²) in [6, 6.07) is 6.42. The Morgan fingerprint density at radius 2 is 2.05 bits per heavy atom. The van der Waals surface area contributed by atoms with Crippen LogP contribution in [-0.4, -0.2) is 21.6 Å². The van der Waals surface area contributed by atoms with Gasteiger partial charge in [-0.25, -0.2) is 4.79 Å². The van der Waals surface area contributed by atoms with Crippen LogP contribution < -0.4 is 5.32 Å². The minimum atomic E-state index is -1.10. The number of aryl methyl sites for hydroxylation is 1. The molecule has 21 heavy (non-hydrogen) atoms. The van der Waals surface area contributed by atoms with Gasteiger partial charge in [0, 0.05) is 21.7 Å². The number of amides is 1. The Kier molecular flexibility index (Phi) is 4.84. The van der Waals surface area contributed by atoms with Crippen molar-refractivity contribution in [1.82, 2.24) is 4.57 Å². The minimum Gasteiger partial charge on any atom is -0.478 e. The number of nitrogens with zero attached hydrogens (tertiary/aromatic N) is 1. The van der Waals surface area contributed by atoms with Crippen LogP contribution in [0.5, 0.6) is 0 Å². The summed E-state index contributed by atoms with van der Waals surface area (Å²) in [6.45, 7) is 2.56. The van der Waals surface area contributed by atoms with Crippen LogP contribution in [0.2, 0.25) is 0 Å². The molecule has 0 aliphatic heterocycles. The van der Waals surface area contributed by atoms with Crippen LogP contribution in [0, 0.1) is 0 Å². The minimum absolute atomic E-state index is 0.0337. The van der Waals surface area contributed by atoms with Crippen molar-refractivity contribution in [2.45, 2.75) is 13.5 Å². The van der Waals surface area contributed by atoms with Crippen LogP contribution >= 0.6 is 31.9 Å². The molecular weight excluding hydrogens is 404 g/mol. The van der Waals surface area contributed by atoms with Gasteiger partial charge in [0.25, 0.3) is 5.91 Å². The normalized spacial score (nSPS) is 10.4. The first-order valence-corrected chi connectivity index (χ1v) is 7.71. The number of hydrogen-bond acceptors (Lipinski definition) is 2. The number of aromatic nitrogens is 1. The molecule has 0 bridgehead atoms. The number of carboxylic acid groups (broad SMARTS) is 1. The molecule has 1 heterocycles. The number of carbonyl (C=O) groups excluding carboxylic acids is 1. The van der Waals surface area contributed by atoms with Crippen molar-refractivity contribution in [2.24, 2.45) is 0 Å². The van der Waals surface area contributed by atoms with E-state index >= 15 is 0 Å². The van der Waals surface area contributed by atoms with Crippen LogP contribution in [0.1, 0.15) is 27.8 Å². The van der Waals surface area contributed by atoms with E-state index in [9.17, 15) is 14.7 Å². The molecule has 1 aromatic heterocycles. The molecule has 1 aromatic carbocycles. The molecule has 7 heteroatoms. The Balaban J connectivity index is 2.38. The molecule has 0 radical (unpaired) electrons. The van der Waals surface area contributed by atoms with E-state index in [1.54, 1.807) is 29.0 Å². The van der Waals surface area contributed by atoms with E-state index in [4.69, 9.17) is 0 Å². The van der Waals surface area contributed by atoms with Gasteiger partial charge in [-0.3, -0.25) is 4.79 Å². The molecule has 0 spiro atoms. The first-order valence-electron chi connectivity index (χ1n) is 6.13. The molecule has 0 saturated heterocycles. The van der Waals surface area contributed by atoms with E-state index in [2.05, 4.69) is 37.2 Å². The number of hydrogen-bond donors (Lipinski definition) is 2. The molecule has 2 aromatic rings. The number of carbonyl (C=O) groups is 2. The van der Waals surface area contributed by atoms with Crippen LogP contribution in [0.4, 0.5) is 5.69 Å². The molecule has 110 valence electrons. The average molecular weight is 416 g/mol. The van der Waals surface area contributed by atoms with E-state index in [0.29, 0.717) is 16.7 Å². The number of halogens is 2. The second-order valence-corrected chi connectivity index (χ2v) is 6.02. The lowest BCUT2D eigenvalue weighted by Gasteiger charge is -2.11. The summed E-state index contributed by atoms with van der Waals surface area (Å²) in [6.07, 6.45) is 1.80. The zero-order valence-electron chi connectivity index (χ0n) is 11.1. The summed E-state index contributed by atoms with van der Waals surface area (Å²) in [5, 5.41) is 11.8. The Morgan fingerprint density at radius 1 is 1.33 bits per heavy atom. The van der Waals surface area contributed by atoms with Gasteiger partial charge < -0.3 is 15.0 Å². The fourth-order valence-electron chi connectivity index (χ4n) is 1.93. The molecule has 0 aliphatic rings. The molecule has 2 rings (SSSR count). The maximum absolute atomic E-state index is 12.4. The Labute approximate surface area is 138 Å². The van der Waals surface area contributed by atoms with E-state index in [-0.39, 0.29) is 17.2 Å². The van der Waals surface area contributed by atoms with E-state index in [1.807, 2.05) is 6.92 Å². The molecule has 0 saturated carbocycles. The van der Waals surface area contributed by atoms with Gasteiger partial charge in [0.15, 0.2) is 0 Å². The quantitative estimate of drug-likeness (QED) is 0.793. The first kappa shape index (κ1) is 15.8. The summed E-state index contributed by atoms with van der Waals surface area (Å²) in [4.78, 5) is 23.6. The zero-order chi connectivity index (χ0) is 15.6. The standard InChI is InChI=1S/C14H12Br2N2O3/c1-2-18-7-8(15)6-11(18)13(19)17-12-9(14(20)21)4-3-5-10(12)16/h3-7H,2H2,1H3,(H,17,19)(H,20,21). The highest BCUT2D eigenvalue weighted by atomic mass is 79.9. The topological polar surface area (TPSA) is 71.3 Å². The van der Waals surface area contributed by atoms with Crippen LogP contribution in [-0.2, 0) is 6.54 Å². The number of benzene rings is 1. The zero-order valence-corrected chi connectivity index (χ0v) is 14.2. The Morgan fingerprint density at radius 3 is 2.67 bits per heavy atom. The smallest absolute Gasteiger partial charge is 0.337 e. The molecule has 1 amide bonds. The van der Waals surface area contributed by atoms with Crippen molar-refractivity contribution in [1.29, 1.82) is 0 Å².